The maximum absolute atomic E-state index is 12.5. The molecule has 2 rings (SSSR count). The molecule has 0 fully saturated rings. The molecule has 0 aliphatic heterocycles. The van der Waals surface area contributed by atoms with Crippen molar-refractivity contribution in [3.8, 4) is 5.75 Å². The van der Waals surface area contributed by atoms with E-state index in [0.29, 0.717) is 6.42 Å². The van der Waals surface area contributed by atoms with Gasteiger partial charge in [-0.2, -0.15) is 0 Å². The topological polar surface area (TPSA) is 38.3 Å². The zero-order chi connectivity index (χ0) is 17.0. The highest BCUT2D eigenvalue weighted by atomic mass is 16.5. The first-order valence-electron chi connectivity index (χ1n) is 8.02. The summed E-state index contributed by atoms with van der Waals surface area (Å²) in [6.45, 7) is 10.0. The number of rotatable bonds is 5. The Morgan fingerprint density at radius 2 is 1.65 bits per heavy atom. The monoisotopic (exact) mass is 311 g/mol. The normalized spacial score (nSPS) is 11.9. The molecular formula is C20H25NO2. The van der Waals surface area contributed by atoms with E-state index in [4.69, 9.17) is 4.74 Å². The molecular weight excluding hydrogens is 286 g/mol. The Morgan fingerprint density at radius 3 is 2.22 bits per heavy atom. The number of anilines is 1. The van der Waals surface area contributed by atoms with Gasteiger partial charge in [-0.1, -0.05) is 30.7 Å². The van der Waals surface area contributed by atoms with Gasteiger partial charge in [-0.05, 0) is 69.0 Å². The smallest absolute Gasteiger partial charge is 0.265 e. The van der Waals surface area contributed by atoms with E-state index in [1.54, 1.807) is 0 Å². The summed E-state index contributed by atoms with van der Waals surface area (Å²) in [6.07, 6.45) is 0.112. The van der Waals surface area contributed by atoms with E-state index < -0.39 is 6.10 Å². The molecule has 0 unspecified atom stereocenters. The Bertz CT molecular complexity index is 687. The Kier molecular flexibility index (Phi) is 5.43. The van der Waals surface area contributed by atoms with Crippen molar-refractivity contribution < 1.29 is 9.53 Å². The summed E-state index contributed by atoms with van der Waals surface area (Å²) in [5.41, 5.74) is 5.33. The molecule has 0 radical (unpaired) electrons. The van der Waals surface area contributed by atoms with Crippen molar-refractivity contribution in [3.05, 3.63) is 58.7 Å². The highest BCUT2D eigenvalue weighted by Gasteiger charge is 2.19. The number of carbonyl (C=O) groups is 1. The first-order valence-corrected chi connectivity index (χ1v) is 8.02. The van der Waals surface area contributed by atoms with Gasteiger partial charge in [0.05, 0.1) is 0 Å². The number of ether oxygens (including phenoxy) is 1. The van der Waals surface area contributed by atoms with E-state index in [1.165, 1.54) is 5.56 Å². The minimum Gasteiger partial charge on any atom is -0.481 e. The van der Waals surface area contributed by atoms with Crippen molar-refractivity contribution in [1.82, 2.24) is 0 Å². The van der Waals surface area contributed by atoms with Gasteiger partial charge in [-0.15, -0.1) is 0 Å². The van der Waals surface area contributed by atoms with Crippen molar-refractivity contribution in [3.63, 3.8) is 0 Å². The van der Waals surface area contributed by atoms with Crippen LogP contribution >= 0.6 is 0 Å². The van der Waals surface area contributed by atoms with Crippen molar-refractivity contribution >= 4 is 11.6 Å². The van der Waals surface area contributed by atoms with Crippen LogP contribution in [0.1, 0.15) is 35.6 Å². The second-order valence-electron chi connectivity index (χ2n) is 6.15. The fraction of sp³-hybridized carbons (Fsp3) is 0.350. The number of aryl methyl sites for hydroxylation is 4. The highest BCUT2D eigenvalue weighted by molar-refractivity contribution is 5.95. The summed E-state index contributed by atoms with van der Waals surface area (Å²) in [5.74, 6) is 0.628. The first-order chi connectivity index (χ1) is 10.9. The maximum atomic E-state index is 12.5. The number of carbonyl (C=O) groups excluding carboxylic acids is 1. The van der Waals surface area contributed by atoms with Crippen molar-refractivity contribution in [2.45, 2.75) is 47.1 Å². The van der Waals surface area contributed by atoms with Crippen molar-refractivity contribution in [2.24, 2.45) is 0 Å². The molecule has 1 amide bonds. The second kappa shape index (κ2) is 7.32. The second-order valence-corrected chi connectivity index (χ2v) is 6.15. The SMILES string of the molecule is CC[C@H](Oc1cc(C)cc(C)c1)C(=O)Nc1ccc(C)cc1C. The molecule has 0 aromatic heterocycles. The molecule has 1 atom stereocenters. The molecule has 0 heterocycles. The third-order valence-electron chi connectivity index (χ3n) is 3.78. The van der Waals surface area contributed by atoms with Crippen LogP contribution in [0, 0.1) is 27.7 Å². The largest absolute Gasteiger partial charge is 0.481 e. The maximum Gasteiger partial charge on any atom is 0.265 e. The summed E-state index contributed by atoms with van der Waals surface area (Å²) in [4.78, 5) is 12.5. The van der Waals surface area contributed by atoms with Crippen LogP contribution < -0.4 is 10.1 Å². The number of hydrogen-bond acceptors (Lipinski definition) is 2. The molecule has 122 valence electrons. The molecule has 23 heavy (non-hydrogen) atoms. The van der Waals surface area contributed by atoms with Gasteiger partial charge in [0, 0.05) is 5.69 Å². The summed E-state index contributed by atoms with van der Waals surface area (Å²) in [6, 6.07) is 12.0. The van der Waals surface area contributed by atoms with Crippen LogP contribution in [0.15, 0.2) is 36.4 Å². The molecule has 0 saturated heterocycles. The fourth-order valence-corrected chi connectivity index (χ4v) is 2.65. The van der Waals surface area contributed by atoms with Gasteiger partial charge in [0.15, 0.2) is 6.10 Å². The highest BCUT2D eigenvalue weighted by Crippen LogP contribution is 2.20. The molecule has 0 bridgehead atoms. The molecule has 3 heteroatoms. The molecule has 0 aliphatic carbocycles. The number of amides is 1. The predicted molar refractivity (Wildman–Crippen MR) is 95.2 cm³/mol. The van der Waals surface area contributed by atoms with E-state index in [0.717, 1.165) is 28.1 Å². The lowest BCUT2D eigenvalue weighted by Crippen LogP contribution is -2.32. The van der Waals surface area contributed by atoms with Gasteiger partial charge in [-0.25, -0.2) is 0 Å². The van der Waals surface area contributed by atoms with Crippen LogP contribution in [-0.4, -0.2) is 12.0 Å². The number of hydrogen-bond donors (Lipinski definition) is 1. The van der Waals surface area contributed by atoms with E-state index in [2.05, 4.69) is 17.4 Å². The molecule has 1 N–H and O–H groups in total. The Balaban J connectivity index is 2.12. The third kappa shape index (κ3) is 4.59. The first kappa shape index (κ1) is 17.1. The van der Waals surface area contributed by atoms with Gasteiger partial charge >= 0.3 is 0 Å². The van der Waals surface area contributed by atoms with Crippen LogP contribution in [0.25, 0.3) is 0 Å². The van der Waals surface area contributed by atoms with Crippen molar-refractivity contribution in [2.75, 3.05) is 5.32 Å². The molecule has 0 saturated carbocycles. The van der Waals surface area contributed by atoms with Gasteiger partial charge in [0.25, 0.3) is 5.91 Å². The van der Waals surface area contributed by atoms with Crippen LogP contribution in [0.4, 0.5) is 5.69 Å². The lowest BCUT2D eigenvalue weighted by Gasteiger charge is -2.19. The molecule has 0 aliphatic rings. The fourth-order valence-electron chi connectivity index (χ4n) is 2.65. The quantitative estimate of drug-likeness (QED) is 0.868. The number of benzene rings is 2. The van der Waals surface area contributed by atoms with Gasteiger partial charge in [-0.3, -0.25) is 4.79 Å². The average Bonchev–Trinajstić information content (AvgIpc) is 2.46. The lowest BCUT2D eigenvalue weighted by atomic mass is 10.1. The Labute approximate surface area is 138 Å². The zero-order valence-corrected chi connectivity index (χ0v) is 14.6. The lowest BCUT2D eigenvalue weighted by molar-refractivity contribution is -0.122. The summed E-state index contributed by atoms with van der Waals surface area (Å²) >= 11 is 0. The van der Waals surface area contributed by atoms with E-state index in [9.17, 15) is 4.79 Å². The van der Waals surface area contributed by atoms with Gasteiger partial charge in [0.2, 0.25) is 0 Å². The Morgan fingerprint density at radius 1 is 1.00 bits per heavy atom. The van der Waals surface area contributed by atoms with Crippen LogP contribution in [0.2, 0.25) is 0 Å². The number of nitrogens with one attached hydrogen (secondary N) is 1. The average molecular weight is 311 g/mol. The Hall–Kier alpha value is -2.29. The van der Waals surface area contributed by atoms with E-state index >= 15 is 0 Å². The van der Waals surface area contributed by atoms with Crippen molar-refractivity contribution in [1.29, 1.82) is 0 Å². The van der Waals surface area contributed by atoms with Crippen LogP contribution in [0.3, 0.4) is 0 Å². The predicted octanol–water partition coefficient (Wildman–Crippen LogP) is 4.72. The van der Waals surface area contributed by atoms with Crippen LogP contribution in [-0.2, 0) is 4.79 Å². The summed E-state index contributed by atoms with van der Waals surface area (Å²) < 4.78 is 5.91. The van der Waals surface area contributed by atoms with Gasteiger partial charge < -0.3 is 10.1 Å². The summed E-state index contributed by atoms with van der Waals surface area (Å²) in [5, 5.41) is 2.97. The minimum atomic E-state index is -0.503. The zero-order valence-electron chi connectivity index (χ0n) is 14.6. The van der Waals surface area contributed by atoms with E-state index in [-0.39, 0.29) is 5.91 Å². The molecule has 0 spiro atoms. The third-order valence-corrected chi connectivity index (χ3v) is 3.78. The van der Waals surface area contributed by atoms with Gasteiger partial charge in [0.1, 0.15) is 5.75 Å². The molecule has 2 aromatic carbocycles. The summed E-state index contributed by atoms with van der Waals surface area (Å²) in [7, 11) is 0. The molecule has 2 aromatic rings. The van der Waals surface area contributed by atoms with Crippen LogP contribution in [0.5, 0.6) is 5.75 Å². The van der Waals surface area contributed by atoms with E-state index in [1.807, 2.05) is 58.9 Å². The minimum absolute atomic E-state index is 0.112. The standard InChI is InChI=1S/C20H25NO2/c1-6-19(23-17-11-14(3)9-15(4)12-17)20(22)21-18-8-7-13(2)10-16(18)5/h7-12,19H,6H2,1-5H3,(H,21,22)/t19-/m0/s1. The molecule has 3 nitrogen and oxygen atoms in total.